The van der Waals surface area contributed by atoms with Gasteiger partial charge in [0, 0.05) is 22.9 Å². The normalized spacial score (nSPS) is 12.9. The molecule has 4 heteroatoms. The van der Waals surface area contributed by atoms with Gasteiger partial charge in [0.2, 0.25) is 0 Å². The SMILES string of the molecule is CCN(CC)CCS(=O)c1cc(N)ccc1C. The zero-order valence-electron chi connectivity index (χ0n) is 10.9. The molecule has 0 saturated carbocycles. The van der Waals surface area contributed by atoms with Crippen molar-refractivity contribution in [1.29, 1.82) is 0 Å². The Morgan fingerprint density at radius 1 is 1.29 bits per heavy atom. The molecule has 1 atom stereocenters. The molecule has 2 N–H and O–H groups in total. The van der Waals surface area contributed by atoms with E-state index in [0.29, 0.717) is 11.4 Å². The molecule has 1 rings (SSSR count). The first-order chi connectivity index (χ1) is 8.08. The summed E-state index contributed by atoms with van der Waals surface area (Å²) in [6, 6.07) is 5.61. The molecule has 1 unspecified atom stereocenters. The number of hydrogen-bond acceptors (Lipinski definition) is 3. The summed E-state index contributed by atoms with van der Waals surface area (Å²) in [7, 11) is -0.951. The monoisotopic (exact) mass is 254 g/mol. The molecule has 17 heavy (non-hydrogen) atoms. The van der Waals surface area contributed by atoms with Gasteiger partial charge >= 0.3 is 0 Å². The van der Waals surface area contributed by atoms with Crippen LogP contribution in [0.15, 0.2) is 23.1 Å². The standard InChI is InChI=1S/C13H22N2OS/c1-4-15(5-2)8-9-17(16)13-10-12(14)7-6-11(13)3/h6-7,10H,4-5,8-9,14H2,1-3H3. The number of nitrogens with two attached hydrogens (primary N) is 1. The van der Waals surface area contributed by atoms with Crippen molar-refractivity contribution in [2.24, 2.45) is 0 Å². The van der Waals surface area contributed by atoms with Gasteiger partial charge in [-0.3, -0.25) is 4.21 Å². The van der Waals surface area contributed by atoms with Crippen molar-refractivity contribution in [1.82, 2.24) is 4.90 Å². The van der Waals surface area contributed by atoms with E-state index in [1.807, 2.05) is 25.1 Å². The molecule has 0 aliphatic rings. The lowest BCUT2D eigenvalue weighted by Gasteiger charge is -2.17. The van der Waals surface area contributed by atoms with E-state index in [0.717, 1.165) is 30.1 Å². The number of aryl methyl sites for hydroxylation is 1. The van der Waals surface area contributed by atoms with Gasteiger partial charge in [-0.2, -0.15) is 0 Å². The van der Waals surface area contributed by atoms with Crippen molar-refractivity contribution in [3.8, 4) is 0 Å². The van der Waals surface area contributed by atoms with Gasteiger partial charge in [0.15, 0.2) is 0 Å². The van der Waals surface area contributed by atoms with Gasteiger partial charge in [0.25, 0.3) is 0 Å². The third-order valence-electron chi connectivity index (χ3n) is 2.94. The Morgan fingerprint density at radius 3 is 2.53 bits per heavy atom. The van der Waals surface area contributed by atoms with Gasteiger partial charge < -0.3 is 10.6 Å². The number of nitrogen functional groups attached to an aromatic ring is 1. The molecule has 0 fully saturated rings. The van der Waals surface area contributed by atoms with Gasteiger partial charge in [-0.1, -0.05) is 19.9 Å². The third kappa shape index (κ3) is 4.13. The lowest BCUT2D eigenvalue weighted by Crippen LogP contribution is -2.27. The summed E-state index contributed by atoms with van der Waals surface area (Å²) in [5, 5.41) is 0. The lowest BCUT2D eigenvalue weighted by molar-refractivity contribution is 0.323. The van der Waals surface area contributed by atoms with Crippen LogP contribution in [-0.4, -0.2) is 34.5 Å². The molecule has 0 saturated heterocycles. The third-order valence-corrected chi connectivity index (χ3v) is 4.43. The molecule has 3 nitrogen and oxygen atoms in total. The van der Waals surface area contributed by atoms with E-state index in [4.69, 9.17) is 5.73 Å². The molecule has 1 aromatic rings. The van der Waals surface area contributed by atoms with Gasteiger partial charge in [0.1, 0.15) is 0 Å². The molecular weight excluding hydrogens is 232 g/mol. The van der Waals surface area contributed by atoms with E-state index in [2.05, 4.69) is 18.7 Å². The summed E-state index contributed by atoms with van der Waals surface area (Å²) >= 11 is 0. The highest BCUT2D eigenvalue weighted by molar-refractivity contribution is 7.85. The quantitative estimate of drug-likeness (QED) is 0.790. The van der Waals surface area contributed by atoms with E-state index in [1.165, 1.54) is 0 Å². The molecular formula is C13H22N2OS. The number of anilines is 1. The molecule has 0 aliphatic carbocycles. The van der Waals surface area contributed by atoms with Crippen LogP contribution in [0.25, 0.3) is 0 Å². The molecule has 96 valence electrons. The zero-order chi connectivity index (χ0) is 12.8. The summed E-state index contributed by atoms with van der Waals surface area (Å²) in [5.74, 6) is 0.673. The van der Waals surface area contributed by atoms with Crippen LogP contribution in [0.1, 0.15) is 19.4 Å². The number of benzene rings is 1. The maximum absolute atomic E-state index is 12.2. The second-order valence-electron chi connectivity index (χ2n) is 4.10. The Labute approximate surface area is 106 Å². The lowest BCUT2D eigenvalue weighted by atomic mass is 10.2. The summed E-state index contributed by atoms with van der Waals surface area (Å²) in [6.45, 7) is 9.10. The van der Waals surface area contributed by atoms with E-state index in [1.54, 1.807) is 0 Å². The van der Waals surface area contributed by atoms with E-state index >= 15 is 0 Å². The van der Waals surface area contributed by atoms with Crippen LogP contribution in [-0.2, 0) is 10.8 Å². The van der Waals surface area contributed by atoms with Gasteiger partial charge in [-0.15, -0.1) is 0 Å². The minimum Gasteiger partial charge on any atom is -0.399 e. The predicted octanol–water partition coefficient (Wildman–Crippen LogP) is 2.03. The van der Waals surface area contributed by atoms with E-state index < -0.39 is 10.8 Å². The molecule has 0 radical (unpaired) electrons. The molecule has 0 spiro atoms. The fraction of sp³-hybridized carbons (Fsp3) is 0.538. The minimum atomic E-state index is -0.951. The Kier molecular flexibility index (Phi) is 5.65. The molecule has 0 amide bonds. The summed E-state index contributed by atoms with van der Waals surface area (Å²) < 4.78 is 12.2. The number of hydrogen-bond donors (Lipinski definition) is 1. The van der Waals surface area contributed by atoms with Gasteiger partial charge in [-0.05, 0) is 37.7 Å². The zero-order valence-corrected chi connectivity index (χ0v) is 11.7. The Balaban J connectivity index is 2.66. The van der Waals surface area contributed by atoms with Crippen LogP contribution in [0.4, 0.5) is 5.69 Å². The Hall–Kier alpha value is -0.870. The summed E-state index contributed by atoms with van der Waals surface area (Å²) in [4.78, 5) is 3.15. The Morgan fingerprint density at radius 2 is 1.94 bits per heavy atom. The van der Waals surface area contributed by atoms with Crippen molar-refractivity contribution in [2.75, 3.05) is 31.1 Å². The van der Waals surface area contributed by atoms with Crippen molar-refractivity contribution in [3.63, 3.8) is 0 Å². The van der Waals surface area contributed by atoms with Gasteiger partial charge in [0.05, 0.1) is 10.8 Å². The smallest absolute Gasteiger partial charge is 0.0545 e. The van der Waals surface area contributed by atoms with E-state index in [-0.39, 0.29) is 0 Å². The summed E-state index contributed by atoms with van der Waals surface area (Å²) in [5.41, 5.74) is 7.46. The molecule has 0 heterocycles. The first-order valence-electron chi connectivity index (χ1n) is 6.05. The van der Waals surface area contributed by atoms with Crippen molar-refractivity contribution < 1.29 is 4.21 Å². The minimum absolute atomic E-state index is 0.673. The second kappa shape index (κ2) is 6.77. The second-order valence-corrected chi connectivity index (χ2v) is 5.64. The maximum atomic E-state index is 12.2. The van der Waals surface area contributed by atoms with Crippen molar-refractivity contribution in [2.45, 2.75) is 25.7 Å². The first-order valence-corrected chi connectivity index (χ1v) is 7.37. The maximum Gasteiger partial charge on any atom is 0.0545 e. The van der Waals surface area contributed by atoms with Crippen LogP contribution in [0, 0.1) is 6.92 Å². The van der Waals surface area contributed by atoms with Crippen LogP contribution in [0.5, 0.6) is 0 Å². The molecule has 0 bridgehead atoms. The van der Waals surface area contributed by atoms with Crippen molar-refractivity contribution in [3.05, 3.63) is 23.8 Å². The Bertz CT molecular complexity index is 389. The first kappa shape index (κ1) is 14.2. The van der Waals surface area contributed by atoms with Crippen molar-refractivity contribution >= 4 is 16.5 Å². The number of nitrogens with zero attached hydrogens (tertiary/aromatic N) is 1. The predicted molar refractivity (Wildman–Crippen MR) is 74.7 cm³/mol. The van der Waals surface area contributed by atoms with Gasteiger partial charge in [-0.25, -0.2) is 0 Å². The average molecular weight is 254 g/mol. The average Bonchev–Trinajstić information content (AvgIpc) is 2.33. The molecule has 0 aromatic heterocycles. The molecule has 0 aliphatic heterocycles. The fourth-order valence-electron chi connectivity index (χ4n) is 1.72. The fourth-order valence-corrected chi connectivity index (χ4v) is 3.06. The highest BCUT2D eigenvalue weighted by Crippen LogP contribution is 2.16. The van der Waals surface area contributed by atoms with E-state index in [9.17, 15) is 4.21 Å². The van der Waals surface area contributed by atoms with Crippen LogP contribution < -0.4 is 5.73 Å². The topological polar surface area (TPSA) is 46.3 Å². The van der Waals surface area contributed by atoms with Crippen LogP contribution >= 0.6 is 0 Å². The largest absolute Gasteiger partial charge is 0.399 e. The highest BCUT2D eigenvalue weighted by atomic mass is 32.2. The summed E-state index contributed by atoms with van der Waals surface area (Å²) in [6.07, 6.45) is 0. The van der Waals surface area contributed by atoms with Crippen LogP contribution in [0.3, 0.4) is 0 Å². The van der Waals surface area contributed by atoms with Crippen LogP contribution in [0.2, 0.25) is 0 Å². The molecule has 1 aromatic carbocycles. The highest BCUT2D eigenvalue weighted by Gasteiger charge is 2.09. The number of rotatable bonds is 6.